The minimum Gasteiger partial charge on any atom is -0.303 e. The summed E-state index contributed by atoms with van der Waals surface area (Å²) in [6.07, 6.45) is 5.56. The fraction of sp³-hybridized carbons (Fsp3) is 1.00. The van der Waals surface area contributed by atoms with Crippen molar-refractivity contribution in [2.75, 3.05) is 25.0 Å². The molecular formula is C13H26BrN. The fourth-order valence-corrected chi connectivity index (χ4v) is 2.86. The SMILES string of the molecule is CCC1(CC)CCN(CC(C)CBr)CC1. The Kier molecular flexibility index (Phi) is 5.62. The fourth-order valence-electron chi connectivity index (χ4n) is 2.66. The van der Waals surface area contributed by atoms with Gasteiger partial charge in [0.15, 0.2) is 0 Å². The van der Waals surface area contributed by atoms with Gasteiger partial charge in [0.2, 0.25) is 0 Å². The second-order valence-electron chi connectivity index (χ2n) is 5.27. The van der Waals surface area contributed by atoms with Gasteiger partial charge in [-0.05, 0) is 37.3 Å². The van der Waals surface area contributed by atoms with Gasteiger partial charge in [-0.1, -0.05) is 49.5 Å². The molecule has 0 radical (unpaired) electrons. The van der Waals surface area contributed by atoms with Crippen molar-refractivity contribution in [1.29, 1.82) is 0 Å². The van der Waals surface area contributed by atoms with E-state index in [1.54, 1.807) is 0 Å². The van der Waals surface area contributed by atoms with Gasteiger partial charge in [0.05, 0.1) is 0 Å². The third-order valence-corrected chi connectivity index (χ3v) is 5.36. The summed E-state index contributed by atoms with van der Waals surface area (Å²) < 4.78 is 0. The lowest BCUT2D eigenvalue weighted by Crippen LogP contribution is -2.41. The summed E-state index contributed by atoms with van der Waals surface area (Å²) in [4.78, 5) is 2.65. The summed E-state index contributed by atoms with van der Waals surface area (Å²) in [6.45, 7) is 11.0. The number of alkyl halides is 1. The van der Waals surface area contributed by atoms with E-state index < -0.39 is 0 Å². The van der Waals surface area contributed by atoms with Crippen LogP contribution in [0.1, 0.15) is 46.5 Å². The molecule has 0 aromatic carbocycles. The number of likely N-dealkylation sites (tertiary alicyclic amines) is 1. The van der Waals surface area contributed by atoms with Crippen LogP contribution < -0.4 is 0 Å². The van der Waals surface area contributed by atoms with Gasteiger partial charge in [0.25, 0.3) is 0 Å². The van der Waals surface area contributed by atoms with E-state index in [2.05, 4.69) is 41.6 Å². The average molecular weight is 276 g/mol. The molecule has 0 aromatic rings. The predicted molar refractivity (Wildman–Crippen MR) is 71.6 cm³/mol. The van der Waals surface area contributed by atoms with E-state index in [1.165, 1.54) is 45.3 Å². The second-order valence-corrected chi connectivity index (χ2v) is 5.91. The zero-order valence-electron chi connectivity index (χ0n) is 10.6. The van der Waals surface area contributed by atoms with Crippen molar-refractivity contribution >= 4 is 15.9 Å². The van der Waals surface area contributed by atoms with Crippen molar-refractivity contribution in [3.05, 3.63) is 0 Å². The topological polar surface area (TPSA) is 3.24 Å². The van der Waals surface area contributed by atoms with E-state index in [0.717, 1.165) is 11.2 Å². The Morgan fingerprint density at radius 3 is 2.13 bits per heavy atom. The van der Waals surface area contributed by atoms with E-state index in [1.807, 2.05) is 0 Å². The Balaban J connectivity index is 2.35. The van der Waals surface area contributed by atoms with Crippen LogP contribution in [0.2, 0.25) is 0 Å². The van der Waals surface area contributed by atoms with Crippen LogP contribution in [0, 0.1) is 11.3 Å². The lowest BCUT2D eigenvalue weighted by Gasteiger charge is -2.41. The second kappa shape index (κ2) is 6.24. The molecule has 0 aromatic heterocycles. The normalized spacial score (nSPS) is 24.0. The molecule has 1 rings (SSSR count). The van der Waals surface area contributed by atoms with E-state index in [9.17, 15) is 0 Å². The standard InChI is InChI=1S/C13H26BrN/c1-4-13(5-2)6-8-15(9-7-13)11-12(3)10-14/h12H,4-11H2,1-3H3. The van der Waals surface area contributed by atoms with E-state index in [-0.39, 0.29) is 0 Å². The summed E-state index contributed by atoms with van der Waals surface area (Å²) in [5, 5.41) is 1.14. The Bertz CT molecular complexity index is 167. The van der Waals surface area contributed by atoms with Crippen LogP contribution >= 0.6 is 15.9 Å². The minimum absolute atomic E-state index is 0.675. The van der Waals surface area contributed by atoms with Gasteiger partial charge in [0.1, 0.15) is 0 Å². The van der Waals surface area contributed by atoms with Crippen molar-refractivity contribution in [1.82, 2.24) is 4.90 Å². The molecule has 0 amide bonds. The van der Waals surface area contributed by atoms with Crippen molar-refractivity contribution in [2.45, 2.75) is 46.5 Å². The molecule has 0 spiro atoms. The number of hydrogen-bond acceptors (Lipinski definition) is 1. The van der Waals surface area contributed by atoms with Gasteiger partial charge in [-0.3, -0.25) is 0 Å². The lowest BCUT2D eigenvalue weighted by atomic mass is 9.74. The van der Waals surface area contributed by atoms with Crippen LogP contribution in [0.5, 0.6) is 0 Å². The molecule has 1 nitrogen and oxygen atoms in total. The molecule has 1 aliphatic rings. The van der Waals surface area contributed by atoms with E-state index in [4.69, 9.17) is 0 Å². The number of halogens is 1. The first-order valence-corrected chi connectivity index (χ1v) is 7.56. The highest BCUT2D eigenvalue weighted by atomic mass is 79.9. The molecule has 15 heavy (non-hydrogen) atoms. The monoisotopic (exact) mass is 275 g/mol. The summed E-state index contributed by atoms with van der Waals surface area (Å²) in [7, 11) is 0. The maximum atomic E-state index is 3.56. The van der Waals surface area contributed by atoms with Gasteiger partial charge in [-0.25, -0.2) is 0 Å². The van der Waals surface area contributed by atoms with Crippen LogP contribution in [-0.4, -0.2) is 29.9 Å². The molecule has 2 heteroatoms. The quantitative estimate of drug-likeness (QED) is 0.688. The zero-order chi connectivity index (χ0) is 11.3. The molecule has 1 atom stereocenters. The summed E-state index contributed by atoms with van der Waals surface area (Å²) in [5.74, 6) is 0.792. The summed E-state index contributed by atoms with van der Waals surface area (Å²) >= 11 is 3.56. The Labute approximate surface area is 104 Å². The minimum atomic E-state index is 0.675. The van der Waals surface area contributed by atoms with Gasteiger partial charge in [-0.2, -0.15) is 0 Å². The maximum Gasteiger partial charge on any atom is 0.00692 e. The molecule has 1 heterocycles. The van der Waals surface area contributed by atoms with E-state index >= 15 is 0 Å². The van der Waals surface area contributed by atoms with Crippen LogP contribution in [0.4, 0.5) is 0 Å². The third kappa shape index (κ3) is 3.74. The van der Waals surface area contributed by atoms with Gasteiger partial charge in [-0.15, -0.1) is 0 Å². The highest BCUT2D eigenvalue weighted by Gasteiger charge is 2.31. The molecule has 0 saturated carbocycles. The highest BCUT2D eigenvalue weighted by Crippen LogP contribution is 2.37. The van der Waals surface area contributed by atoms with Crippen LogP contribution in [-0.2, 0) is 0 Å². The predicted octanol–water partition coefficient (Wildman–Crippen LogP) is 3.92. The van der Waals surface area contributed by atoms with Crippen molar-refractivity contribution in [3.63, 3.8) is 0 Å². The van der Waals surface area contributed by atoms with Crippen molar-refractivity contribution in [2.24, 2.45) is 11.3 Å². The van der Waals surface area contributed by atoms with Crippen LogP contribution in [0.3, 0.4) is 0 Å². The van der Waals surface area contributed by atoms with Crippen LogP contribution in [0.15, 0.2) is 0 Å². The van der Waals surface area contributed by atoms with Gasteiger partial charge < -0.3 is 4.90 Å². The van der Waals surface area contributed by atoms with Crippen LogP contribution in [0.25, 0.3) is 0 Å². The van der Waals surface area contributed by atoms with Crippen molar-refractivity contribution < 1.29 is 0 Å². The highest BCUT2D eigenvalue weighted by molar-refractivity contribution is 9.09. The Hall–Kier alpha value is 0.440. The molecule has 0 N–H and O–H groups in total. The number of piperidine rings is 1. The molecule has 1 saturated heterocycles. The maximum absolute atomic E-state index is 3.56. The molecule has 1 aliphatic heterocycles. The molecule has 0 aliphatic carbocycles. The molecule has 1 unspecified atom stereocenters. The first kappa shape index (κ1) is 13.5. The number of rotatable bonds is 5. The van der Waals surface area contributed by atoms with Crippen molar-refractivity contribution in [3.8, 4) is 0 Å². The molecular weight excluding hydrogens is 250 g/mol. The summed E-state index contributed by atoms with van der Waals surface area (Å²) in [6, 6.07) is 0. The largest absolute Gasteiger partial charge is 0.303 e. The number of hydrogen-bond donors (Lipinski definition) is 0. The molecule has 0 bridgehead atoms. The van der Waals surface area contributed by atoms with Gasteiger partial charge >= 0.3 is 0 Å². The average Bonchev–Trinajstić information content (AvgIpc) is 2.30. The molecule has 1 fully saturated rings. The Morgan fingerprint density at radius 2 is 1.73 bits per heavy atom. The molecule has 90 valence electrons. The van der Waals surface area contributed by atoms with Gasteiger partial charge in [0, 0.05) is 11.9 Å². The summed E-state index contributed by atoms with van der Waals surface area (Å²) in [5.41, 5.74) is 0.675. The first-order chi connectivity index (χ1) is 7.15. The zero-order valence-corrected chi connectivity index (χ0v) is 12.1. The third-order valence-electron chi connectivity index (χ3n) is 4.25. The number of nitrogens with zero attached hydrogens (tertiary/aromatic N) is 1. The lowest BCUT2D eigenvalue weighted by molar-refractivity contribution is 0.0883. The smallest absolute Gasteiger partial charge is 0.00692 e. The Morgan fingerprint density at radius 1 is 1.20 bits per heavy atom. The first-order valence-electron chi connectivity index (χ1n) is 6.44. The van der Waals surface area contributed by atoms with E-state index in [0.29, 0.717) is 5.41 Å².